The molecule has 0 aromatic heterocycles. The lowest BCUT2D eigenvalue weighted by Crippen LogP contribution is -2.52. The van der Waals surface area contributed by atoms with Crippen LogP contribution in [0, 0.1) is 5.92 Å². The van der Waals surface area contributed by atoms with Gasteiger partial charge in [-0.1, -0.05) is 29.8 Å². The molecule has 1 aliphatic rings. The topological polar surface area (TPSA) is 40.6 Å². The summed E-state index contributed by atoms with van der Waals surface area (Å²) in [5, 5.41) is 0. The predicted octanol–water partition coefficient (Wildman–Crippen LogP) is 1.10. The van der Waals surface area contributed by atoms with E-state index in [0.29, 0.717) is 26.2 Å². The number of hydrogen-bond donors (Lipinski definition) is 0. The van der Waals surface area contributed by atoms with E-state index in [-0.39, 0.29) is 22.6 Å². The molecule has 1 rings (SSSR count). The third-order valence-corrected chi connectivity index (χ3v) is 3.13. The molecule has 0 aromatic carbocycles. The lowest BCUT2D eigenvalue weighted by atomic mass is 10.1. The average Bonchev–Trinajstić information content (AvgIpc) is 2.27. The Balaban J connectivity index is 2.45. The van der Waals surface area contributed by atoms with E-state index in [1.54, 1.807) is 0 Å². The highest BCUT2D eigenvalue weighted by Crippen LogP contribution is 2.10. The highest BCUT2D eigenvalue weighted by molar-refractivity contribution is 9.10. The van der Waals surface area contributed by atoms with Gasteiger partial charge in [0.2, 0.25) is 11.8 Å². The standard InChI is InChI=1S/C11H19BrN2O2/c1-8(2)10(15)13-4-6-14(7-5-13)11(16)9(3)12/h8-9H,4-7H2,1-3H3. The molecular formula is C11H19BrN2O2. The van der Waals surface area contributed by atoms with E-state index in [4.69, 9.17) is 0 Å². The van der Waals surface area contributed by atoms with Crippen molar-refractivity contribution in [3.05, 3.63) is 0 Å². The van der Waals surface area contributed by atoms with Crippen LogP contribution in [0.5, 0.6) is 0 Å². The van der Waals surface area contributed by atoms with Crippen LogP contribution >= 0.6 is 15.9 Å². The Kier molecular flexibility index (Phi) is 4.77. The molecule has 1 aliphatic heterocycles. The van der Waals surface area contributed by atoms with E-state index in [9.17, 15) is 9.59 Å². The first kappa shape index (κ1) is 13.5. The maximum absolute atomic E-state index is 11.7. The highest BCUT2D eigenvalue weighted by atomic mass is 79.9. The van der Waals surface area contributed by atoms with E-state index in [0.717, 1.165) is 0 Å². The minimum atomic E-state index is -0.139. The molecule has 0 aromatic rings. The van der Waals surface area contributed by atoms with E-state index < -0.39 is 0 Å². The van der Waals surface area contributed by atoms with Crippen molar-refractivity contribution in [1.29, 1.82) is 0 Å². The second-order valence-corrected chi connectivity index (χ2v) is 5.79. The van der Waals surface area contributed by atoms with E-state index in [1.165, 1.54) is 0 Å². The molecule has 5 heteroatoms. The van der Waals surface area contributed by atoms with Gasteiger partial charge < -0.3 is 9.80 Å². The molecule has 92 valence electrons. The van der Waals surface area contributed by atoms with Gasteiger partial charge in [0.25, 0.3) is 0 Å². The number of alkyl halides is 1. The predicted molar refractivity (Wildman–Crippen MR) is 66.4 cm³/mol. The van der Waals surface area contributed by atoms with E-state index >= 15 is 0 Å². The SMILES string of the molecule is CC(C)C(=O)N1CCN(C(=O)C(C)Br)CC1. The molecule has 1 saturated heterocycles. The fraction of sp³-hybridized carbons (Fsp3) is 0.818. The number of rotatable bonds is 2. The number of hydrogen-bond acceptors (Lipinski definition) is 2. The molecule has 4 nitrogen and oxygen atoms in total. The van der Waals surface area contributed by atoms with Gasteiger partial charge in [0.1, 0.15) is 0 Å². The van der Waals surface area contributed by atoms with Gasteiger partial charge in [0.15, 0.2) is 0 Å². The Bertz CT molecular complexity index is 243. The van der Waals surface area contributed by atoms with Crippen LogP contribution in [0.1, 0.15) is 20.8 Å². The summed E-state index contributed by atoms with van der Waals surface area (Å²) in [5.74, 6) is 0.327. The van der Waals surface area contributed by atoms with Gasteiger partial charge in [-0.3, -0.25) is 9.59 Å². The Morgan fingerprint density at radius 1 is 0.938 bits per heavy atom. The second kappa shape index (κ2) is 5.66. The molecule has 0 bridgehead atoms. The molecule has 0 aliphatic carbocycles. The molecule has 2 amide bonds. The van der Waals surface area contributed by atoms with Crippen LogP contribution in [0.15, 0.2) is 0 Å². The van der Waals surface area contributed by atoms with Gasteiger partial charge in [-0.15, -0.1) is 0 Å². The summed E-state index contributed by atoms with van der Waals surface area (Å²) < 4.78 is 0. The zero-order valence-electron chi connectivity index (χ0n) is 10.1. The van der Waals surface area contributed by atoms with Crippen LogP contribution in [0.4, 0.5) is 0 Å². The first-order valence-electron chi connectivity index (χ1n) is 5.65. The monoisotopic (exact) mass is 290 g/mol. The lowest BCUT2D eigenvalue weighted by Gasteiger charge is -2.36. The second-order valence-electron chi connectivity index (χ2n) is 4.42. The summed E-state index contributed by atoms with van der Waals surface area (Å²) >= 11 is 3.27. The van der Waals surface area contributed by atoms with Gasteiger partial charge in [-0.05, 0) is 6.92 Å². The first-order valence-corrected chi connectivity index (χ1v) is 6.56. The van der Waals surface area contributed by atoms with Gasteiger partial charge in [-0.2, -0.15) is 0 Å². The molecule has 0 N–H and O–H groups in total. The molecular weight excluding hydrogens is 272 g/mol. The van der Waals surface area contributed by atoms with Crippen molar-refractivity contribution in [1.82, 2.24) is 9.80 Å². The minimum absolute atomic E-state index is 0.0392. The molecule has 1 fully saturated rings. The first-order chi connectivity index (χ1) is 7.43. The number of amides is 2. The Morgan fingerprint density at radius 3 is 1.62 bits per heavy atom. The van der Waals surface area contributed by atoms with Crippen molar-refractivity contribution >= 4 is 27.7 Å². The number of carbonyl (C=O) groups is 2. The van der Waals surface area contributed by atoms with Crippen molar-refractivity contribution in [2.24, 2.45) is 5.92 Å². The highest BCUT2D eigenvalue weighted by Gasteiger charge is 2.26. The Hall–Kier alpha value is -0.580. The molecule has 0 spiro atoms. The lowest BCUT2D eigenvalue weighted by molar-refractivity contribution is -0.141. The fourth-order valence-corrected chi connectivity index (χ4v) is 2.05. The van der Waals surface area contributed by atoms with Crippen molar-refractivity contribution in [2.45, 2.75) is 25.6 Å². The molecule has 1 heterocycles. The summed E-state index contributed by atoms with van der Waals surface area (Å²) in [4.78, 5) is 26.9. The summed E-state index contributed by atoms with van der Waals surface area (Å²) in [6, 6.07) is 0. The van der Waals surface area contributed by atoms with Crippen molar-refractivity contribution in [3.8, 4) is 0 Å². The van der Waals surface area contributed by atoms with Crippen LogP contribution in [-0.4, -0.2) is 52.6 Å². The maximum atomic E-state index is 11.7. The van der Waals surface area contributed by atoms with Crippen molar-refractivity contribution in [2.75, 3.05) is 26.2 Å². The zero-order chi connectivity index (χ0) is 12.3. The van der Waals surface area contributed by atoms with Crippen LogP contribution in [0.25, 0.3) is 0 Å². The largest absolute Gasteiger partial charge is 0.339 e. The number of carbonyl (C=O) groups excluding carboxylic acids is 2. The van der Waals surface area contributed by atoms with Gasteiger partial charge in [-0.25, -0.2) is 0 Å². The Labute approximate surface area is 105 Å². The molecule has 1 unspecified atom stereocenters. The normalized spacial score (nSPS) is 18.8. The molecule has 16 heavy (non-hydrogen) atoms. The van der Waals surface area contributed by atoms with Crippen LogP contribution in [-0.2, 0) is 9.59 Å². The summed E-state index contributed by atoms with van der Waals surface area (Å²) in [6.45, 7) is 8.24. The van der Waals surface area contributed by atoms with Crippen molar-refractivity contribution < 1.29 is 9.59 Å². The van der Waals surface area contributed by atoms with E-state index in [1.807, 2.05) is 30.6 Å². The van der Waals surface area contributed by atoms with Crippen LogP contribution in [0.3, 0.4) is 0 Å². The van der Waals surface area contributed by atoms with Gasteiger partial charge in [0.05, 0.1) is 4.83 Å². The van der Waals surface area contributed by atoms with Crippen LogP contribution < -0.4 is 0 Å². The number of piperazine rings is 1. The van der Waals surface area contributed by atoms with Gasteiger partial charge in [0, 0.05) is 32.1 Å². The van der Waals surface area contributed by atoms with Crippen LogP contribution in [0.2, 0.25) is 0 Å². The quantitative estimate of drug-likeness (QED) is 0.715. The third kappa shape index (κ3) is 3.20. The van der Waals surface area contributed by atoms with E-state index in [2.05, 4.69) is 15.9 Å². The fourth-order valence-electron chi connectivity index (χ4n) is 1.76. The Morgan fingerprint density at radius 2 is 1.31 bits per heavy atom. The zero-order valence-corrected chi connectivity index (χ0v) is 11.7. The summed E-state index contributed by atoms with van der Waals surface area (Å²) in [5.41, 5.74) is 0. The number of nitrogens with zero attached hydrogens (tertiary/aromatic N) is 2. The minimum Gasteiger partial charge on any atom is -0.339 e. The van der Waals surface area contributed by atoms with Crippen molar-refractivity contribution in [3.63, 3.8) is 0 Å². The average molecular weight is 291 g/mol. The summed E-state index contributed by atoms with van der Waals surface area (Å²) in [6.07, 6.45) is 0. The maximum Gasteiger partial charge on any atom is 0.236 e. The molecule has 1 atom stereocenters. The number of halogens is 1. The molecule has 0 radical (unpaired) electrons. The summed E-state index contributed by atoms with van der Waals surface area (Å²) in [7, 11) is 0. The third-order valence-electron chi connectivity index (χ3n) is 2.74. The molecule has 0 saturated carbocycles. The van der Waals surface area contributed by atoms with Gasteiger partial charge >= 0.3 is 0 Å². The smallest absolute Gasteiger partial charge is 0.236 e.